The molecule has 0 radical (unpaired) electrons. The van der Waals surface area contributed by atoms with Crippen LogP contribution in [0.4, 0.5) is 0 Å². The smallest absolute Gasteiger partial charge is 0.394 e. The van der Waals surface area contributed by atoms with Crippen molar-refractivity contribution in [3.63, 3.8) is 0 Å². The van der Waals surface area contributed by atoms with Crippen LogP contribution in [0.15, 0.2) is 36.5 Å². The molecule has 1 aliphatic rings. The second-order valence-electron chi connectivity index (χ2n) is 20.7. The van der Waals surface area contributed by atoms with Crippen molar-refractivity contribution in [1.82, 2.24) is 5.32 Å². The maximum atomic E-state index is 13.2. The van der Waals surface area contributed by atoms with Crippen LogP contribution >= 0.6 is 0 Å². The van der Waals surface area contributed by atoms with Crippen molar-refractivity contribution in [2.24, 2.45) is 0 Å². The monoisotopic (exact) mass is 1040 g/mol. The average Bonchev–Trinajstić information content (AvgIpc) is 3.36. The van der Waals surface area contributed by atoms with E-state index < -0.39 is 78.5 Å². The second kappa shape index (κ2) is 47.7. The van der Waals surface area contributed by atoms with E-state index in [9.17, 15) is 43.3 Å². The van der Waals surface area contributed by atoms with E-state index in [1.165, 1.54) is 167 Å². The molecule has 424 valence electrons. The minimum atomic E-state index is -5.13. The van der Waals surface area contributed by atoms with Crippen molar-refractivity contribution in [3.05, 3.63) is 36.5 Å². The molecule has 1 rings (SSSR count). The zero-order chi connectivity index (χ0) is 52.8. The Morgan fingerprint density at radius 1 is 0.569 bits per heavy atom. The Labute approximate surface area is 439 Å². The molecule has 0 spiro atoms. The van der Waals surface area contributed by atoms with Crippen LogP contribution in [0.25, 0.3) is 0 Å². The number of unbranched alkanes of at least 4 members (excludes halogenated alkanes) is 34. The van der Waals surface area contributed by atoms with Crippen molar-refractivity contribution in [2.75, 3.05) is 13.2 Å². The zero-order valence-corrected chi connectivity index (χ0v) is 46.4. The van der Waals surface area contributed by atoms with Crippen molar-refractivity contribution in [3.8, 4) is 0 Å². The van der Waals surface area contributed by atoms with Gasteiger partial charge in [0.15, 0.2) is 6.29 Å². The van der Waals surface area contributed by atoms with Gasteiger partial charge in [0.25, 0.3) is 0 Å². The topological polar surface area (TPSA) is 212 Å². The van der Waals surface area contributed by atoms with E-state index in [0.29, 0.717) is 12.8 Å². The summed E-state index contributed by atoms with van der Waals surface area (Å²) in [5.74, 6) is -0.707. The highest BCUT2D eigenvalue weighted by molar-refractivity contribution is 7.80. The summed E-state index contributed by atoms with van der Waals surface area (Å²) in [5, 5.41) is 55.6. The van der Waals surface area contributed by atoms with Gasteiger partial charge in [-0.3, -0.25) is 9.35 Å². The molecule has 72 heavy (non-hydrogen) atoms. The highest BCUT2D eigenvalue weighted by Crippen LogP contribution is 2.26. The summed E-state index contributed by atoms with van der Waals surface area (Å²) in [6.45, 7) is 3.26. The molecule has 0 saturated carbocycles. The maximum Gasteiger partial charge on any atom is 0.397 e. The fraction of sp³-hybridized carbons (Fsp3) is 0.879. The SMILES string of the molecule is CCCCCCCCCCC/C=C\C/C=C\CCCCCCCCC(O)C(=O)NC(COC1OC(CO)C(O)C(OS(=O)(=O)O)C1O)C(O)/C=C/CCCCCCCCCCCCCCCCCCCCC. The Kier molecular flexibility index (Phi) is 45.3. The molecule has 0 aromatic rings. The molecule has 8 atom stereocenters. The van der Waals surface area contributed by atoms with Gasteiger partial charge in [-0.2, -0.15) is 8.42 Å². The summed E-state index contributed by atoms with van der Waals surface area (Å²) in [4.78, 5) is 13.2. The van der Waals surface area contributed by atoms with Crippen LogP contribution in [0.2, 0.25) is 0 Å². The summed E-state index contributed by atoms with van der Waals surface area (Å²) in [6, 6.07) is -1.13. The average molecular weight is 1040 g/mol. The van der Waals surface area contributed by atoms with E-state index in [1.807, 2.05) is 6.08 Å². The molecule has 0 aliphatic carbocycles. The lowest BCUT2D eigenvalue weighted by Crippen LogP contribution is -2.61. The van der Waals surface area contributed by atoms with E-state index in [4.69, 9.17) is 9.47 Å². The van der Waals surface area contributed by atoms with Crippen LogP contribution in [-0.2, 0) is 28.9 Å². The third-order valence-electron chi connectivity index (χ3n) is 14.0. The van der Waals surface area contributed by atoms with Gasteiger partial charge >= 0.3 is 10.4 Å². The molecule has 1 amide bonds. The van der Waals surface area contributed by atoms with Crippen LogP contribution in [0.1, 0.15) is 264 Å². The number of rotatable bonds is 51. The first-order valence-electron chi connectivity index (χ1n) is 29.5. The first-order valence-corrected chi connectivity index (χ1v) is 30.8. The quantitative estimate of drug-likeness (QED) is 0.0172. The van der Waals surface area contributed by atoms with Gasteiger partial charge in [-0.1, -0.05) is 249 Å². The molecule has 1 heterocycles. The lowest BCUT2D eigenvalue weighted by atomic mass is 9.99. The molecule has 1 fully saturated rings. The predicted octanol–water partition coefficient (Wildman–Crippen LogP) is 12.8. The van der Waals surface area contributed by atoms with E-state index in [0.717, 1.165) is 64.2 Å². The molecular formula is C58H109NO12S. The fourth-order valence-corrected chi connectivity index (χ4v) is 9.88. The summed E-state index contributed by atoms with van der Waals surface area (Å²) in [7, 11) is -5.13. The Bertz CT molecular complexity index is 1430. The molecule has 0 aromatic heterocycles. The lowest BCUT2D eigenvalue weighted by Gasteiger charge is -2.41. The number of allylic oxidation sites excluding steroid dienone is 5. The first kappa shape index (κ1) is 68.3. The normalized spacial score (nSPS) is 20.0. The fourth-order valence-electron chi connectivity index (χ4n) is 9.38. The van der Waals surface area contributed by atoms with Gasteiger partial charge in [0.2, 0.25) is 5.91 Å². The largest absolute Gasteiger partial charge is 0.397 e. The van der Waals surface area contributed by atoms with Gasteiger partial charge in [-0.25, -0.2) is 4.18 Å². The van der Waals surface area contributed by atoms with Gasteiger partial charge in [0, 0.05) is 0 Å². The zero-order valence-electron chi connectivity index (χ0n) is 45.6. The second-order valence-corrected chi connectivity index (χ2v) is 21.8. The molecule has 14 heteroatoms. The molecule has 8 unspecified atom stereocenters. The van der Waals surface area contributed by atoms with Crippen molar-refractivity contribution < 1.29 is 57.0 Å². The van der Waals surface area contributed by atoms with E-state index >= 15 is 0 Å². The third kappa shape index (κ3) is 38.8. The Balaban J connectivity index is 2.44. The highest BCUT2D eigenvalue weighted by Gasteiger charge is 2.48. The lowest BCUT2D eigenvalue weighted by molar-refractivity contribution is -0.298. The minimum Gasteiger partial charge on any atom is -0.394 e. The van der Waals surface area contributed by atoms with Gasteiger partial charge in [-0.05, 0) is 51.4 Å². The number of nitrogens with one attached hydrogen (secondary N) is 1. The summed E-state index contributed by atoms with van der Waals surface area (Å²) < 4.78 is 47.8. The van der Waals surface area contributed by atoms with Crippen molar-refractivity contribution >= 4 is 16.3 Å². The number of amides is 1. The van der Waals surface area contributed by atoms with Gasteiger partial charge in [-0.15, -0.1) is 0 Å². The standard InChI is InChI=1S/C58H109NO12S/c1-3-5-7-9-11-13-15-17-19-21-23-25-27-29-31-33-35-37-39-41-43-45-47-52(62)57(65)59-50(49-69-58-55(64)56(71-72(66,67)68)54(63)53(48-60)70-58)51(61)46-44-42-40-38-36-34-32-30-28-26-24-22-20-18-16-14-12-10-8-6-4-2/h23,25,29,31,44,46,50-56,58,60-64H,3-22,24,26-28,30,32-43,45,47-49H2,1-2H3,(H,59,65)(H,66,67,68)/b25-23-,31-29-,46-44+. The number of carbonyl (C=O) groups excluding carboxylic acids is 1. The van der Waals surface area contributed by atoms with Crippen LogP contribution in [0.5, 0.6) is 0 Å². The summed E-state index contributed by atoms with van der Waals surface area (Å²) in [6.07, 6.45) is 47.9. The number of aliphatic hydroxyl groups excluding tert-OH is 5. The van der Waals surface area contributed by atoms with Crippen LogP contribution in [-0.4, -0.2) is 107 Å². The number of ether oxygens (including phenoxy) is 2. The summed E-state index contributed by atoms with van der Waals surface area (Å²) >= 11 is 0. The number of aliphatic hydroxyl groups is 5. The minimum absolute atomic E-state index is 0.231. The van der Waals surface area contributed by atoms with Gasteiger partial charge < -0.3 is 40.3 Å². The third-order valence-corrected chi connectivity index (χ3v) is 14.5. The maximum absolute atomic E-state index is 13.2. The predicted molar refractivity (Wildman–Crippen MR) is 293 cm³/mol. The van der Waals surface area contributed by atoms with Crippen molar-refractivity contribution in [2.45, 2.75) is 313 Å². The summed E-state index contributed by atoms with van der Waals surface area (Å²) in [5.41, 5.74) is 0. The van der Waals surface area contributed by atoms with Gasteiger partial charge in [0.05, 0.1) is 25.4 Å². The Hall–Kier alpha value is -1.72. The number of hydrogen-bond donors (Lipinski definition) is 7. The molecule has 1 saturated heterocycles. The van der Waals surface area contributed by atoms with E-state index in [-0.39, 0.29) is 6.42 Å². The number of carbonyl (C=O) groups is 1. The highest BCUT2D eigenvalue weighted by atomic mass is 32.3. The first-order chi connectivity index (χ1) is 34.9. The number of hydrogen-bond acceptors (Lipinski definition) is 11. The molecule has 0 bridgehead atoms. The molecule has 0 aromatic carbocycles. The Morgan fingerprint density at radius 2 is 0.958 bits per heavy atom. The Morgan fingerprint density at radius 3 is 1.36 bits per heavy atom. The molecule has 1 aliphatic heterocycles. The molecule has 13 nitrogen and oxygen atoms in total. The van der Waals surface area contributed by atoms with Crippen LogP contribution in [0.3, 0.4) is 0 Å². The van der Waals surface area contributed by atoms with E-state index in [2.05, 4.69) is 47.7 Å². The van der Waals surface area contributed by atoms with Crippen molar-refractivity contribution in [1.29, 1.82) is 0 Å². The van der Waals surface area contributed by atoms with Crippen LogP contribution < -0.4 is 5.32 Å². The van der Waals surface area contributed by atoms with E-state index in [1.54, 1.807) is 6.08 Å². The molecular weight excluding hydrogens is 935 g/mol. The van der Waals surface area contributed by atoms with Crippen LogP contribution in [0, 0.1) is 0 Å². The molecule has 7 N–H and O–H groups in total. The van der Waals surface area contributed by atoms with Gasteiger partial charge in [0.1, 0.15) is 30.5 Å².